The van der Waals surface area contributed by atoms with Crippen LogP contribution in [0.2, 0.25) is 0 Å². The van der Waals surface area contributed by atoms with Crippen LogP contribution in [-0.2, 0) is 0 Å². The van der Waals surface area contributed by atoms with Gasteiger partial charge in [-0.2, -0.15) is 0 Å². The zero-order valence-electron chi connectivity index (χ0n) is 9.89. The third kappa shape index (κ3) is 2.93. The first-order chi connectivity index (χ1) is 7.56. The molecular weight excluding hydrogens is 199 g/mol. The summed E-state index contributed by atoms with van der Waals surface area (Å²) < 4.78 is 12.6. The SMILES string of the molecule is C=C(F)/C=C\C1=C(C)CC(=C)/C1=C\C=C/C. The quantitative estimate of drug-likeness (QED) is 0.594. The van der Waals surface area contributed by atoms with Gasteiger partial charge in [-0.05, 0) is 43.1 Å². The van der Waals surface area contributed by atoms with Crippen molar-refractivity contribution < 1.29 is 4.39 Å². The van der Waals surface area contributed by atoms with E-state index in [-0.39, 0.29) is 0 Å². The Morgan fingerprint density at radius 1 is 1.44 bits per heavy atom. The van der Waals surface area contributed by atoms with E-state index in [4.69, 9.17) is 0 Å². The van der Waals surface area contributed by atoms with Crippen molar-refractivity contribution >= 4 is 0 Å². The molecule has 0 aromatic carbocycles. The van der Waals surface area contributed by atoms with E-state index in [0.717, 1.165) is 23.1 Å². The summed E-state index contributed by atoms with van der Waals surface area (Å²) in [6.07, 6.45) is 9.97. The Labute approximate surface area is 96.9 Å². The Hall–Kier alpha value is -1.63. The van der Waals surface area contributed by atoms with Crippen LogP contribution in [0.25, 0.3) is 0 Å². The lowest BCUT2D eigenvalue weighted by Crippen LogP contribution is -1.82. The molecule has 1 heteroatoms. The molecular formula is C15H17F. The second-order valence-corrected chi connectivity index (χ2v) is 3.86. The minimum atomic E-state index is -0.428. The number of halogens is 1. The van der Waals surface area contributed by atoms with E-state index >= 15 is 0 Å². The molecule has 1 aliphatic rings. The molecule has 0 fully saturated rings. The second kappa shape index (κ2) is 5.45. The molecule has 0 saturated heterocycles. The van der Waals surface area contributed by atoms with Crippen molar-refractivity contribution in [3.05, 3.63) is 71.7 Å². The van der Waals surface area contributed by atoms with E-state index < -0.39 is 5.83 Å². The van der Waals surface area contributed by atoms with Crippen LogP contribution in [0.5, 0.6) is 0 Å². The molecule has 0 atom stereocenters. The number of allylic oxidation sites excluding steroid dienone is 10. The predicted octanol–water partition coefficient (Wildman–Crippen LogP) is 4.80. The van der Waals surface area contributed by atoms with Crippen molar-refractivity contribution in [2.45, 2.75) is 20.3 Å². The molecule has 0 N–H and O–H groups in total. The molecule has 16 heavy (non-hydrogen) atoms. The van der Waals surface area contributed by atoms with Crippen molar-refractivity contribution in [1.82, 2.24) is 0 Å². The lowest BCUT2D eigenvalue weighted by molar-refractivity contribution is 0.671. The molecule has 1 rings (SSSR count). The van der Waals surface area contributed by atoms with Gasteiger partial charge in [0.25, 0.3) is 0 Å². The maximum Gasteiger partial charge on any atom is 0.116 e. The molecule has 0 heterocycles. The van der Waals surface area contributed by atoms with E-state index in [2.05, 4.69) is 13.2 Å². The van der Waals surface area contributed by atoms with Gasteiger partial charge in [0, 0.05) is 0 Å². The number of hydrogen-bond acceptors (Lipinski definition) is 0. The second-order valence-electron chi connectivity index (χ2n) is 3.86. The molecule has 0 aliphatic heterocycles. The summed E-state index contributed by atoms with van der Waals surface area (Å²) in [5.41, 5.74) is 4.45. The minimum absolute atomic E-state index is 0.428. The fraction of sp³-hybridized carbons (Fsp3) is 0.200. The average molecular weight is 216 g/mol. The highest BCUT2D eigenvalue weighted by atomic mass is 19.1. The van der Waals surface area contributed by atoms with Crippen LogP contribution in [0.3, 0.4) is 0 Å². The number of hydrogen-bond donors (Lipinski definition) is 0. The Kier molecular flexibility index (Phi) is 4.24. The van der Waals surface area contributed by atoms with Crippen molar-refractivity contribution in [2.24, 2.45) is 0 Å². The Morgan fingerprint density at radius 3 is 2.69 bits per heavy atom. The summed E-state index contributed by atoms with van der Waals surface area (Å²) in [4.78, 5) is 0. The maximum atomic E-state index is 12.6. The van der Waals surface area contributed by atoms with Gasteiger partial charge in [-0.25, -0.2) is 4.39 Å². The molecule has 0 saturated carbocycles. The lowest BCUT2D eigenvalue weighted by atomic mass is 10.0. The van der Waals surface area contributed by atoms with Gasteiger partial charge in [0.2, 0.25) is 0 Å². The van der Waals surface area contributed by atoms with Crippen LogP contribution >= 0.6 is 0 Å². The van der Waals surface area contributed by atoms with E-state index in [1.165, 1.54) is 11.6 Å². The van der Waals surface area contributed by atoms with Gasteiger partial charge in [-0.1, -0.05) is 43.0 Å². The minimum Gasteiger partial charge on any atom is -0.208 e. The van der Waals surface area contributed by atoms with Crippen LogP contribution in [0.15, 0.2) is 71.7 Å². The summed E-state index contributed by atoms with van der Waals surface area (Å²) >= 11 is 0. The zero-order chi connectivity index (χ0) is 12.1. The number of rotatable bonds is 3. The van der Waals surface area contributed by atoms with Crippen molar-refractivity contribution in [3.63, 3.8) is 0 Å². The Bertz CT molecular complexity index is 428. The first-order valence-electron chi connectivity index (χ1n) is 5.30. The van der Waals surface area contributed by atoms with Gasteiger partial charge >= 0.3 is 0 Å². The highest BCUT2D eigenvalue weighted by Gasteiger charge is 2.17. The molecule has 1 aliphatic carbocycles. The first-order valence-corrected chi connectivity index (χ1v) is 5.30. The fourth-order valence-corrected chi connectivity index (χ4v) is 1.74. The third-order valence-corrected chi connectivity index (χ3v) is 2.50. The molecule has 0 aromatic heterocycles. The zero-order valence-corrected chi connectivity index (χ0v) is 9.89. The summed E-state index contributed by atoms with van der Waals surface area (Å²) in [6, 6.07) is 0. The first kappa shape index (κ1) is 12.4. The summed E-state index contributed by atoms with van der Waals surface area (Å²) in [5, 5.41) is 0. The largest absolute Gasteiger partial charge is 0.208 e. The molecule has 0 bridgehead atoms. The highest BCUT2D eigenvalue weighted by molar-refractivity contribution is 5.61. The molecule has 0 spiro atoms. The highest BCUT2D eigenvalue weighted by Crippen LogP contribution is 2.35. The maximum absolute atomic E-state index is 12.6. The smallest absolute Gasteiger partial charge is 0.116 e. The molecule has 0 unspecified atom stereocenters. The average Bonchev–Trinajstić information content (AvgIpc) is 2.47. The van der Waals surface area contributed by atoms with Crippen LogP contribution < -0.4 is 0 Å². The molecule has 0 nitrogen and oxygen atoms in total. The summed E-state index contributed by atoms with van der Waals surface area (Å²) in [6.45, 7) is 11.2. The van der Waals surface area contributed by atoms with Gasteiger partial charge in [0.15, 0.2) is 0 Å². The Morgan fingerprint density at radius 2 is 2.12 bits per heavy atom. The predicted molar refractivity (Wildman–Crippen MR) is 68.7 cm³/mol. The normalized spacial score (nSPS) is 19.7. The van der Waals surface area contributed by atoms with Gasteiger partial charge in [-0.3, -0.25) is 0 Å². The van der Waals surface area contributed by atoms with E-state index in [9.17, 15) is 4.39 Å². The molecule has 0 amide bonds. The molecule has 84 valence electrons. The molecule has 0 radical (unpaired) electrons. The van der Waals surface area contributed by atoms with Gasteiger partial charge in [0.05, 0.1) is 0 Å². The summed E-state index contributed by atoms with van der Waals surface area (Å²) in [5.74, 6) is -0.428. The lowest BCUT2D eigenvalue weighted by Gasteiger charge is -2.01. The van der Waals surface area contributed by atoms with Crippen molar-refractivity contribution in [3.8, 4) is 0 Å². The van der Waals surface area contributed by atoms with E-state index in [1.807, 2.05) is 32.1 Å². The van der Waals surface area contributed by atoms with Crippen LogP contribution in [0, 0.1) is 0 Å². The van der Waals surface area contributed by atoms with Gasteiger partial charge < -0.3 is 0 Å². The third-order valence-electron chi connectivity index (χ3n) is 2.50. The van der Waals surface area contributed by atoms with E-state index in [1.54, 1.807) is 6.08 Å². The Balaban J connectivity index is 3.07. The van der Waals surface area contributed by atoms with Crippen molar-refractivity contribution in [2.75, 3.05) is 0 Å². The van der Waals surface area contributed by atoms with Crippen LogP contribution in [0.4, 0.5) is 4.39 Å². The standard InChI is InChI=1S/C15H17F/c1-5-6-7-14-11(2)10-12(3)15(14)9-8-13(4)16/h5-9H,2,4,10H2,1,3H3/b6-5-,9-8-,14-7+. The van der Waals surface area contributed by atoms with Crippen LogP contribution in [0.1, 0.15) is 20.3 Å². The monoisotopic (exact) mass is 216 g/mol. The van der Waals surface area contributed by atoms with Crippen molar-refractivity contribution in [1.29, 1.82) is 0 Å². The van der Waals surface area contributed by atoms with Crippen LogP contribution in [-0.4, -0.2) is 0 Å². The fourth-order valence-electron chi connectivity index (χ4n) is 1.74. The summed E-state index contributed by atoms with van der Waals surface area (Å²) in [7, 11) is 0. The van der Waals surface area contributed by atoms with Gasteiger partial charge in [-0.15, -0.1) is 0 Å². The molecule has 0 aromatic rings. The van der Waals surface area contributed by atoms with Gasteiger partial charge in [0.1, 0.15) is 5.83 Å². The van der Waals surface area contributed by atoms with E-state index in [0.29, 0.717) is 0 Å². The topological polar surface area (TPSA) is 0 Å².